The van der Waals surface area contributed by atoms with Gasteiger partial charge in [-0.2, -0.15) is 0 Å². The first kappa shape index (κ1) is 22.2. The molecule has 1 N–H and O–H groups in total. The third-order valence-electron chi connectivity index (χ3n) is 5.82. The molecule has 2 aliphatic rings. The molecule has 2 heterocycles. The van der Waals surface area contributed by atoms with Crippen LogP contribution in [-0.2, 0) is 26.0 Å². The summed E-state index contributed by atoms with van der Waals surface area (Å²) in [5, 5.41) is 4.87. The van der Waals surface area contributed by atoms with Crippen molar-refractivity contribution in [2.75, 3.05) is 31.1 Å². The standard InChI is InChI=1S/C20H31N3O4S2/c1-2-22(13-19(24)21-12-18-8-5-10-28-18)14-20(25)23(16-6-3-4-7-16)17-9-11-29(26,27)15-17/h5,8,10,16-17H,2-4,6-7,9,11-15H2,1H3,(H,21,24). The normalized spacial score (nSPS) is 21.5. The molecule has 1 aliphatic carbocycles. The lowest BCUT2D eigenvalue weighted by Gasteiger charge is -2.35. The van der Waals surface area contributed by atoms with Crippen molar-refractivity contribution < 1.29 is 18.0 Å². The second-order valence-corrected chi connectivity index (χ2v) is 11.2. The van der Waals surface area contributed by atoms with Crippen molar-refractivity contribution in [3.8, 4) is 0 Å². The predicted molar refractivity (Wildman–Crippen MR) is 114 cm³/mol. The molecule has 0 radical (unpaired) electrons. The molecule has 2 amide bonds. The number of nitrogens with zero attached hydrogens (tertiary/aromatic N) is 2. The Hall–Kier alpha value is -1.45. The van der Waals surface area contributed by atoms with Crippen molar-refractivity contribution in [1.82, 2.24) is 15.1 Å². The lowest BCUT2D eigenvalue weighted by Crippen LogP contribution is -2.51. The van der Waals surface area contributed by atoms with Gasteiger partial charge >= 0.3 is 0 Å². The predicted octanol–water partition coefficient (Wildman–Crippen LogP) is 1.64. The van der Waals surface area contributed by atoms with E-state index in [9.17, 15) is 18.0 Å². The molecule has 3 rings (SSSR count). The van der Waals surface area contributed by atoms with Crippen molar-refractivity contribution in [3.05, 3.63) is 22.4 Å². The van der Waals surface area contributed by atoms with Gasteiger partial charge in [0, 0.05) is 17.0 Å². The number of hydrogen-bond donors (Lipinski definition) is 1. The molecule has 1 unspecified atom stereocenters. The summed E-state index contributed by atoms with van der Waals surface area (Å²) >= 11 is 1.59. The second-order valence-electron chi connectivity index (χ2n) is 7.96. The molecule has 1 aromatic heterocycles. The SMILES string of the molecule is CCN(CC(=O)NCc1cccs1)CC(=O)N(C1CCCC1)C1CCS(=O)(=O)C1. The second kappa shape index (κ2) is 10.0. The van der Waals surface area contributed by atoms with Gasteiger partial charge in [0.25, 0.3) is 0 Å². The minimum Gasteiger partial charge on any atom is -0.350 e. The summed E-state index contributed by atoms with van der Waals surface area (Å²) in [6, 6.07) is 3.83. The summed E-state index contributed by atoms with van der Waals surface area (Å²) in [6.45, 7) is 3.32. The summed E-state index contributed by atoms with van der Waals surface area (Å²) in [5.74, 6) is 0.0789. The number of likely N-dealkylation sites (N-methyl/N-ethyl adjacent to an activating group) is 1. The summed E-state index contributed by atoms with van der Waals surface area (Å²) in [5.41, 5.74) is 0. The van der Waals surface area contributed by atoms with E-state index >= 15 is 0 Å². The topological polar surface area (TPSA) is 86.8 Å². The van der Waals surface area contributed by atoms with Crippen LogP contribution in [-0.4, -0.2) is 73.3 Å². The van der Waals surface area contributed by atoms with Gasteiger partial charge in [-0.3, -0.25) is 14.5 Å². The van der Waals surface area contributed by atoms with Crippen LogP contribution in [0.25, 0.3) is 0 Å². The molecular weight excluding hydrogens is 410 g/mol. The van der Waals surface area contributed by atoms with Gasteiger partial charge in [0.1, 0.15) is 0 Å². The lowest BCUT2D eigenvalue weighted by atomic mass is 10.1. The number of sulfone groups is 1. The maximum Gasteiger partial charge on any atom is 0.237 e. The van der Waals surface area contributed by atoms with E-state index < -0.39 is 9.84 Å². The van der Waals surface area contributed by atoms with Crippen LogP contribution in [0.1, 0.15) is 43.9 Å². The molecule has 0 spiro atoms. The maximum absolute atomic E-state index is 13.2. The molecule has 9 heteroatoms. The van der Waals surface area contributed by atoms with Crippen LogP contribution >= 0.6 is 11.3 Å². The van der Waals surface area contributed by atoms with Crippen LogP contribution in [0.3, 0.4) is 0 Å². The van der Waals surface area contributed by atoms with Crippen LogP contribution in [0.4, 0.5) is 0 Å². The summed E-state index contributed by atoms with van der Waals surface area (Å²) < 4.78 is 24.0. The van der Waals surface area contributed by atoms with Crippen molar-refractivity contribution in [3.63, 3.8) is 0 Å². The fraction of sp³-hybridized carbons (Fsp3) is 0.700. The molecule has 1 saturated carbocycles. The van der Waals surface area contributed by atoms with Crippen LogP contribution < -0.4 is 5.32 Å². The number of thiophene rings is 1. The third kappa shape index (κ3) is 6.26. The van der Waals surface area contributed by atoms with E-state index in [1.165, 1.54) is 0 Å². The van der Waals surface area contributed by atoms with Crippen molar-refractivity contribution >= 4 is 33.0 Å². The molecule has 1 atom stereocenters. The van der Waals surface area contributed by atoms with Gasteiger partial charge in [0.2, 0.25) is 11.8 Å². The molecule has 0 bridgehead atoms. The molecular formula is C20H31N3O4S2. The van der Waals surface area contributed by atoms with Crippen molar-refractivity contribution in [2.24, 2.45) is 0 Å². The van der Waals surface area contributed by atoms with Gasteiger partial charge in [-0.1, -0.05) is 25.8 Å². The first-order valence-corrected chi connectivity index (χ1v) is 13.1. The Labute approximate surface area is 177 Å². The number of carbonyl (C=O) groups excluding carboxylic acids is 2. The summed E-state index contributed by atoms with van der Waals surface area (Å²) in [7, 11) is -3.06. The average Bonchev–Trinajstić information content (AvgIpc) is 3.42. The molecule has 1 aliphatic heterocycles. The highest BCUT2D eigenvalue weighted by molar-refractivity contribution is 7.91. The Morgan fingerprint density at radius 1 is 1.17 bits per heavy atom. The van der Waals surface area contributed by atoms with E-state index in [2.05, 4.69) is 5.32 Å². The lowest BCUT2D eigenvalue weighted by molar-refractivity contribution is -0.137. The molecule has 29 heavy (non-hydrogen) atoms. The smallest absolute Gasteiger partial charge is 0.237 e. The van der Waals surface area contributed by atoms with Gasteiger partial charge in [-0.25, -0.2) is 8.42 Å². The first-order valence-electron chi connectivity index (χ1n) is 10.4. The van der Waals surface area contributed by atoms with Gasteiger partial charge in [0.15, 0.2) is 9.84 Å². The Bertz CT molecular complexity index is 789. The highest BCUT2D eigenvalue weighted by atomic mass is 32.2. The maximum atomic E-state index is 13.2. The monoisotopic (exact) mass is 441 g/mol. The van der Waals surface area contributed by atoms with Crippen LogP contribution in [0.2, 0.25) is 0 Å². The highest BCUT2D eigenvalue weighted by Crippen LogP contribution is 2.29. The van der Waals surface area contributed by atoms with Crippen LogP contribution in [0.5, 0.6) is 0 Å². The molecule has 0 aromatic carbocycles. The Balaban J connectivity index is 1.58. The number of rotatable bonds is 9. The fourth-order valence-electron chi connectivity index (χ4n) is 4.29. The highest BCUT2D eigenvalue weighted by Gasteiger charge is 2.39. The third-order valence-corrected chi connectivity index (χ3v) is 8.45. The average molecular weight is 442 g/mol. The molecule has 1 saturated heterocycles. The van der Waals surface area contributed by atoms with E-state index in [1.54, 1.807) is 11.3 Å². The first-order chi connectivity index (χ1) is 13.9. The van der Waals surface area contributed by atoms with Gasteiger partial charge < -0.3 is 10.2 Å². The minimum absolute atomic E-state index is 0.0492. The van der Waals surface area contributed by atoms with Gasteiger partial charge in [-0.05, 0) is 37.3 Å². The van der Waals surface area contributed by atoms with E-state index in [0.717, 1.165) is 30.6 Å². The summed E-state index contributed by atoms with van der Waals surface area (Å²) in [4.78, 5) is 30.3. The molecule has 7 nitrogen and oxygen atoms in total. The van der Waals surface area contributed by atoms with Gasteiger partial charge in [0.05, 0.1) is 31.1 Å². The Morgan fingerprint density at radius 3 is 2.52 bits per heavy atom. The number of amides is 2. The van der Waals surface area contributed by atoms with Crippen LogP contribution in [0.15, 0.2) is 17.5 Å². The molecule has 1 aromatic rings. The zero-order chi connectivity index (χ0) is 20.9. The van der Waals surface area contributed by atoms with Crippen molar-refractivity contribution in [1.29, 1.82) is 0 Å². The quantitative estimate of drug-likeness (QED) is 0.630. The van der Waals surface area contributed by atoms with Crippen LogP contribution in [0, 0.1) is 0 Å². The Kier molecular flexibility index (Phi) is 7.70. The fourth-order valence-corrected chi connectivity index (χ4v) is 6.65. The van der Waals surface area contributed by atoms with E-state index in [0.29, 0.717) is 19.5 Å². The van der Waals surface area contributed by atoms with E-state index in [-0.39, 0.29) is 48.5 Å². The summed E-state index contributed by atoms with van der Waals surface area (Å²) in [6.07, 6.45) is 4.57. The Morgan fingerprint density at radius 2 is 1.93 bits per heavy atom. The minimum atomic E-state index is -3.06. The van der Waals surface area contributed by atoms with E-state index in [1.807, 2.05) is 34.2 Å². The largest absolute Gasteiger partial charge is 0.350 e. The number of nitrogens with one attached hydrogen (secondary N) is 1. The zero-order valence-corrected chi connectivity index (χ0v) is 18.6. The zero-order valence-electron chi connectivity index (χ0n) is 17.0. The van der Waals surface area contributed by atoms with Gasteiger partial charge in [-0.15, -0.1) is 11.3 Å². The number of hydrogen-bond acceptors (Lipinski definition) is 6. The molecule has 162 valence electrons. The number of carbonyl (C=O) groups is 2. The molecule has 2 fully saturated rings. The van der Waals surface area contributed by atoms with E-state index in [4.69, 9.17) is 0 Å². The van der Waals surface area contributed by atoms with Crippen molar-refractivity contribution in [2.45, 2.75) is 57.7 Å².